The van der Waals surface area contributed by atoms with Crippen molar-refractivity contribution >= 4 is 66.7 Å². The number of rotatable bonds is 8. The number of hydrogen-bond acceptors (Lipinski definition) is 1. The van der Waals surface area contributed by atoms with E-state index in [0.29, 0.717) is 11.8 Å². The van der Waals surface area contributed by atoms with Gasteiger partial charge >= 0.3 is 0 Å². The van der Waals surface area contributed by atoms with Gasteiger partial charge in [-0.3, -0.25) is 0 Å². The Labute approximate surface area is 397 Å². The van der Waals surface area contributed by atoms with Gasteiger partial charge in [0.05, 0.1) is 22.1 Å². The van der Waals surface area contributed by atoms with Crippen LogP contribution in [0, 0.1) is 23.7 Å². The summed E-state index contributed by atoms with van der Waals surface area (Å²) in [6.45, 7) is 0. The Kier molecular flexibility index (Phi) is 9.06. The molecule has 11 aromatic rings. The minimum absolute atomic E-state index is 0.138. The summed E-state index contributed by atoms with van der Waals surface area (Å²) >= 11 is 0. The molecule has 4 saturated carbocycles. The second-order valence-electron chi connectivity index (χ2n) is 20.1. The third kappa shape index (κ3) is 5.88. The van der Waals surface area contributed by atoms with Gasteiger partial charge in [0.1, 0.15) is 0 Å². The van der Waals surface area contributed by atoms with Gasteiger partial charge in [-0.05, 0) is 145 Å². The van der Waals surface area contributed by atoms with Crippen molar-refractivity contribution in [1.82, 2.24) is 9.13 Å². The number of fused-ring (bicyclic) bond motifs is 6. The van der Waals surface area contributed by atoms with Gasteiger partial charge < -0.3 is 13.7 Å². The van der Waals surface area contributed by atoms with Crippen LogP contribution in [0.25, 0.3) is 66.1 Å². The first kappa shape index (κ1) is 39.9. The zero-order chi connectivity index (χ0) is 45.0. The van der Waals surface area contributed by atoms with E-state index in [-0.39, 0.29) is 5.41 Å². The van der Waals surface area contributed by atoms with E-state index in [1.807, 2.05) is 60.7 Å². The lowest BCUT2D eigenvalue weighted by molar-refractivity contribution is -0.0417. The van der Waals surface area contributed by atoms with E-state index >= 15 is 4.57 Å². The standard InChI is InChI=1S/C64H51N2OP/c67-68(53-19-9-3-10-20-53,54-21-11-4-12-22-54)55-30-27-47(28-31-55)64(49-36-43-35-44(38-49)39-50(64)37-43)48-29-34-63-59(42-48)58-41-46(26-33-62(58)66(63)52-17-7-2-8-18-52)45-25-32-61-57(40-45)56-23-13-14-24-60(56)65(61)51-15-5-1-6-16-51/h1-34,40-44,49-50H,35-39H2. The van der Waals surface area contributed by atoms with Crippen molar-refractivity contribution in [3.8, 4) is 22.5 Å². The number of aromatic nitrogens is 2. The van der Waals surface area contributed by atoms with Crippen LogP contribution in [0.3, 0.4) is 0 Å². The second-order valence-corrected chi connectivity index (χ2v) is 22.8. The van der Waals surface area contributed by atoms with Crippen molar-refractivity contribution in [3.63, 3.8) is 0 Å². The molecule has 4 aliphatic rings. The molecule has 15 rings (SSSR count). The Morgan fingerprint density at radius 1 is 0.353 bits per heavy atom. The predicted octanol–water partition coefficient (Wildman–Crippen LogP) is 14.9. The van der Waals surface area contributed by atoms with E-state index in [4.69, 9.17) is 0 Å². The van der Waals surface area contributed by atoms with Gasteiger partial charge in [-0.15, -0.1) is 0 Å². The minimum Gasteiger partial charge on any atom is -0.309 e. The normalized spacial score (nSPS) is 21.1. The maximum Gasteiger partial charge on any atom is 0.171 e. The van der Waals surface area contributed by atoms with Gasteiger partial charge in [0.15, 0.2) is 7.14 Å². The molecule has 4 aliphatic carbocycles. The monoisotopic (exact) mass is 894 g/mol. The van der Waals surface area contributed by atoms with E-state index < -0.39 is 7.14 Å². The lowest BCUT2D eigenvalue weighted by atomic mass is 9.42. The third-order valence-electron chi connectivity index (χ3n) is 16.7. The van der Waals surface area contributed by atoms with Crippen molar-refractivity contribution < 1.29 is 4.57 Å². The zero-order valence-electron chi connectivity index (χ0n) is 38.0. The lowest BCUT2D eigenvalue weighted by Gasteiger charge is -2.62. The van der Waals surface area contributed by atoms with Crippen molar-refractivity contribution in [2.75, 3.05) is 0 Å². The predicted molar refractivity (Wildman–Crippen MR) is 284 cm³/mol. The molecule has 0 aliphatic heterocycles. The van der Waals surface area contributed by atoms with E-state index in [0.717, 1.165) is 27.7 Å². The molecule has 0 unspecified atom stereocenters. The highest BCUT2D eigenvalue weighted by Crippen LogP contribution is 2.65. The average Bonchev–Trinajstić information content (AvgIpc) is 3.91. The van der Waals surface area contributed by atoms with E-state index in [2.05, 4.69) is 173 Å². The second kappa shape index (κ2) is 15.4. The van der Waals surface area contributed by atoms with E-state index in [1.165, 1.54) is 109 Å². The van der Waals surface area contributed by atoms with Gasteiger partial charge in [0, 0.05) is 54.2 Å². The third-order valence-corrected chi connectivity index (χ3v) is 19.7. The fourth-order valence-electron chi connectivity index (χ4n) is 14.0. The molecule has 4 bridgehead atoms. The van der Waals surface area contributed by atoms with Crippen LogP contribution in [0.4, 0.5) is 0 Å². The van der Waals surface area contributed by atoms with E-state index in [9.17, 15) is 0 Å². The molecule has 9 aromatic carbocycles. The lowest BCUT2D eigenvalue weighted by Crippen LogP contribution is -2.56. The SMILES string of the molecule is O=P(c1ccccc1)(c1ccccc1)c1ccc(C2(c3ccc4c(c3)c3cc(-c5ccc6c(c5)c5ccccc5n6-c5ccccc5)ccc3n4-c3ccccc3)C3CC4CC(C3)CC2C4)cc1. The van der Waals surface area contributed by atoms with Crippen LogP contribution in [-0.4, -0.2) is 9.13 Å². The fraction of sp³-hybridized carbons (Fsp3) is 0.156. The molecular weight excluding hydrogens is 844 g/mol. The summed E-state index contributed by atoms with van der Waals surface area (Å²) in [7, 11) is -3.12. The Bertz CT molecular complexity index is 3690. The van der Waals surface area contributed by atoms with E-state index in [1.54, 1.807) is 0 Å². The number of benzene rings is 9. The largest absolute Gasteiger partial charge is 0.309 e. The summed E-state index contributed by atoms with van der Waals surface area (Å²) < 4.78 is 20.5. The summed E-state index contributed by atoms with van der Waals surface area (Å²) in [4.78, 5) is 0. The smallest absolute Gasteiger partial charge is 0.171 e. The Hall–Kier alpha value is -7.19. The van der Waals surface area contributed by atoms with Crippen LogP contribution in [0.5, 0.6) is 0 Å². The van der Waals surface area contributed by atoms with Gasteiger partial charge in [0.2, 0.25) is 0 Å². The van der Waals surface area contributed by atoms with Gasteiger partial charge in [0.25, 0.3) is 0 Å². The Balaban J connectivity index is 0.958. The molecule has 0 radical (unpaired) electrons. The molecule has 0 saturated heterocycles. The van der Waals surface area contributed by atoms with Crippen LogP contribution in [0.15, 0.2) is 224 Å². The van der Waals surface area contributed by atoms with Crippen molar-refractivity contribution in [2.24, 2.45) is 23.7 Å². The van der Waals surface area contributed by atoms with Gasteiger partial charge in [-0.2, -0.15) is 0 Å². The van der Waals surface area contributed by atoms with Crippen LogP contribution in [0.2, 0.25) is 0 Å². The molecule has 0 spiro atoms. The summed E-state index contributed by atoms with van der Waals surface area (Å²) in [5, 5.41) is 7.74. The molecule has 2 aromatic heterocycles. The first-order valence-corrected chi connectivity index (χ1v) is 26.3. The van der Waals surface area contributed by atoms with Crippen LogP contribution in [-0.2, 0) is 9.98 Å². The summed E-state index contributed by atoms with van der Waals surface area (Å²) in [5.74, 6) is 2.73. The topological polar surface area (TPSA) is 26.9 Å². The van der Waals surface area contributed by atoms with Gasteiger partial charge in [-0.1, -0.05) is 158 Å². The Morgan fingerprint density at radius 3 is 1.28 bits per heavy atom. The van der Waals surface area contributed by atoms with Crippen LogP contribution < -0.4 is 15.9 Å². The molecule has 0 amide bonds. The fourth-order valence-corrected chi connectivity index (χ4v) is 16.7. The summed E-state index contributed by atoms with van der Waals surface area (Å²) in [5.41, 5.74) is 12.3. The minimum atomic E-state index is -3.12. The quantitative estimate of drug-likeness (QED) is 0.140. The number of nitrogens with zero attached hydrogens (tertiary/aromatic N) is 2. The zero-order valence-corrected chi connectivity index (χ0v) is 38.9. The highest BCUT2D eigenvalue weighted by atomic mass is 31.2. The van der Waals surface area contributed by atoms with Crippen LogP contribution in [0.1, 0.15) is 43.2 Å². The molecule has 328 valence electrons. The Morgan fingerprint density at radius 2 is 0.750 bits per heavy atom. The maximum absolute atomic E-state index is 15.6. The van der Waals surface area contributed by atoms with Gasteiger partial charge in [-0.25, -0.2) is 0 Å². The molecule has 3 nitrogen and oxygen atoms in total. The van der Waals surface area contributed by atoms with Crippen molar-refractivity contribution in [2.45, 2.75) is 37.5 Å². The highest BCUT2D eigenvalue weighted by molar-refractivity contribution is 7.85. The number of hydrogen-bond donors (Lipinski definition) is 0. The summed E-state index contributed by atoms with van der Waals surface area (Å²) in [6.07, 6.45) is 6.50. The molecule has 4 heteroatoms. The maximum atomic E-state index is 15.6. The molecule has 0 N–H and O–H groups in total. The summed E-state index contributed by atoms with van der Waals surface area (Å²) in [6, 6.07) is 81.6. The first-order valence-electron chi connectivity index (χ1n) is 24.6. The first-order chi connectivity index (χ1) is 33.6. The molecule has 0 atom stereocenters. The average molecular weight is 895 g/mol. The molecule has 2 heterocycles. The number of para-hydroxylation sites is 3. The molecule has 68 heavy (non-hydrogen) atoms. The van der Waals surface area contributed by atoms with Crippen molar-refractivity contribution in [1.29, 1.82) is 0 Å². The van der Waals surface area contributed by atoms with Crippen LogP contribution >= 0.6 is 7.14 Å². The highest BCUT2D eigenvalue weighted by Gasteiger charge is 2.58. The van der Waals surface area contributed by atoms with Crippen molar-refractivity contribution in [3.05, 3.63) is 236 Å². The molecular formula is C64H51N2OP. The molecule has 4 fully saturated rings.